The fraction of sp³-hybridized carbons (Fsp3) is 0.273. The van der Waals surface area contributed by atoms with E-state index in [1.165, 1.54) is 18.3 Å². The molecule has 1 fully saturated rings. The Labute approximate surface area is 181 Å². The Hall–Kier alpha value is -3.56. The van der Waals surface area contributed by atoms with E-state index in [1.54, 1.807) is 29.2 Å². The minimum atomic E-state index is -4.53. The van der Waals surface area contributed by atoms with Crippen molar-refractivity contribution >= 4 is 11.9 Å². The van der Waals surface area contributed by atoms with Crippen LogP contribution in [-0.4, -0.2) is 40.0 Å². The maximum absolute atomic E-state index is 13.4. The Kier molecular flexibility index (Phi) is 6.02. The number of hydrogen-bond acceptors (Lipinski definition) is 5. The number of piperidine rings is 1. The van der Waals surface area contributed by atoms with Crippen molar-refractivity contribution < 1.29 is 22.4 Å². The summed E-state index contributed by atoms with van der Waals surface area (Å²) in [6.45, 7) is 0.839. The number of anilines is 1. The van der Waals surface area contributed by atoms with Gasteiger partial charge >= 0.3 is 6.18 Å². The zero-order chi connectivity index (χ0) is 22.7. The van der Waals surface area contributed by atoms with Gasteiger partial charge in [0.1, 0.15) is 11.5 Å². The van der Waals surface area contributed by atoms with Crippen LogP contribution in [0.3, 0.4) is 0 Å². The number of rotatable bonds is 4. The lowest BCUT2D eigenvalue weighted by atomic mass is 10.0. The number of aromatic nitrogens is 3. The SMILES string of the molecule is O=C(NC1CCN(c2nccc(C(F)(F)F)n2)CC1)c1ccc(-c2cccc(F)c2)nc1. The first kappa shape index (κ1) is 21.7. The molecule has 1 saturated heterocycles. The number of pyridine rings is 1. The molecule has 1 N–H and O–H groups in total. The van der Waals surface area contributed by atoms with Crippen LogP contribution in [0.1, 0.15) is 28.9 Å². The van der Waals surface area contributed by atoms with Crippen LogP contribution in [0.5, 0.6) is 0 Å². The number of alkyl halides is 3. The Balaban J connectivity index is 1.34. The second-order valence-electron chi connectivity index (χ2n) is 7.42. The number of benzene rings is 1. The molecule has 2 aromatic heterocycles. The highest BCUT2D eigenvalue weighted by Gasteiger charge is 2.33. The van der Waals surface area contributed by atoms with Gasteiger partial charge in [0.2, 0.25) is 5.95 Å². The number of carbonyl (C=O) groups is 1. The fourth-order valence-electron chi connectivity index (χ4n) is 3.50. The molecule has 1 aliphatic heterocycles. The molecular formula is C22H19F4N5O. The van der Waals surface area contributed by atoms with Gasteiger partial charge in [-0.05, 0) is 43.2 Å². The van der Waals surface area contributed by atoms with Crippen molar-refractivity contribution in [3.8, 4) is 11.3 Å². The number of carbonyl (C=O) groups excluding carboxylic acids is 1. The average Bonchev–Trinajstić information content (AvgIpc) is 2.79. The Bertz CT molecular complexity index is 1100. The molecule has 166 valence electrons. The zero-order valence-corrected chi connectivity index (χ0v) is 16.8. The van der Waals surface area contributed by atoms with Crippen molar-refractivity contribution in [1.82, 2.24) is 20.3 Å². The molecule has 0 bridgehead atoms. The van der Waals surface area contributed by atoms with Gasteiger partial charge in [0, 0.05) is 37.1 Å². The van der Waals surface area contributed by atoms with E-state index >= 15 is 0 Å². The van der Waals surface area contributed by atoms with E-state index in [0.29, 0.717) is 42.8 Å². The minimum Gasteiger partial charge on any atom is -0.349 e. The number of halogens is 4. The zero-order valence-electron chi connectivity index (χ0n) is 16.8. The third-order valence-corrected chi connectivity index (χ3v) is 5.19. The molecule has 4 rings (SSSR count). The summed E-state index contributed by atoms with van der Waals surface area (Å²) in [4.78, 5) is 26.0. The largest absolute Gasteiger partial charge is 0.433 e. The van der Waals surface area contributed by atoms with Crippen LogP contribution in [0, 0.1) is 5.82 Å². The van der Waals surface area contributed by atoms with Crippen LogP contribution in [0.15, 0.2) is 54.9 Å². The van der Waals surface area contributed by atoms with Gasteiger partial charge in [-0.1, -0.05) is 12.1 Å². The average molecular weight is 445 g/mol. The number of nitrogens with zero attached hydrogens (tertiary/aromatic N) is 4. The summed E-state index contributed by atoms with van der Waals surface area (Å²) in [6, 6.07) is 10.00. The molecule has 1 aromatic carbocycles. The van der Waals surface area contributed by atoms with E-state index < -0.39 is 11.9 Å². The van der Waals surface area contributed by atoms with Gasteiger partial charge in [-0.25, -0.2) is 14.4 Å². The van der Waals surface area contributed by atoms with E-state index in [1.807, 2.05) is 0 Å². The Morgan fingerprint density at radius 2 is 1.84 bits per heavy atom. The highest BCUT2D eigenvalue weighted by atomic mass is 19.4. The molecule has 10 heteroatoms. The molecule has 0 aliphatic carbocycles. The van der Waals surface area contributed by atoms with Crippen LogP contribution in [-0.2, 0) is 6.18 Å². The summed E-state index contributed by atoms with van der Waals surface area (Å²) in [5.41, 5.74) is 0.553. The predicted octanol–water partition coefficient (Wildman–Crippen LogP) is 4.10. The first-order chi connectivity index (χ1) is 15.3. The number of hydrogen-bond donors (Lipinski definition) is 1. The normalized spacial score (nSPS) is 14.9. The van der Waals surface area contributed by atoms with Gasteiger partial charge in [0.25, 0.3) is 5.91 Å². The second-order valence-corrected chi connectivity index (χ2v) is 7.42. The maximum Gasteiger partial charge on any atom is 0.433 e. The summed E-state index contributed by atoms with van der Waals surface area (Å²) in [6.07, 6.45) is -0.913. The van der Waals surface area contributed by atoms with Crippen molar-refractivity contribution in [2.24, 2.45) is 0 Å². The van der Waals surface area contributed by atoms with Gasteiger partial charge in [-0.3, -0.25) is 9.78 Å². The van der Waals surface area contributed by atoms with Crippen molar-refractivity contribution in [3.63, 3.8) is 0 Å². The van der Waals surface area contributed by atoms with Gasteiger partial charge in [-0.2, -0.15) is 13.2 Å². The summed E-state index contributed by atoms with van der Waals surface area (Å²) < 4.78 is 52.0. The lowest BCUT2D eigenvalue weighted by Crippen LogP contribution is -2.45. The first-order valence-electron chi connectivity index (χ1n) is 9.97. The van der Waals surface area contributed by atoms with Crippen molar-refractivity contribution in [2.45, 2.75) is 25.1 Å². The minimum absolute atomic E-state index is 0.0294. The van der Waals surface area contributed by atoms with Crippen LogP contribution < -0.4 is 10.2 Å². The maximum atomic E-state index is 13.4. The lowest BCUT2D eigenvalue weighted by molar-refractivity contribution is -0.141. The third-order valence-electron chi connectivity index (χ3n) is 5.19. The van der Waals surface area contributed by atoms with Crippen molar-refractivity contribution in [3.05, 3.63) is 71.9 Å². The number of amides is 1. The summed E-state index contributed by atoms with van der Waals surface area (Å²) in [5.74, 6) is -0.633. The molecule has 1 aliphatic rings. The van der Waals surface area contributed by atoms with E-state index in [2.05, 4.69) is 20.3 Å². The molecule has 0 radical (unpaired) electrons. The summed E-state index contributed by atoms with van der Waals surface area (Å²) in [7, 11) is 0. The fourth-order valence-corrected chi connectivity index (χ4v) is 3.50. The highest BCUT2D eigenvalue weighted by Crippen LogP contribution is 2.28. The Morgan fingerprint density at radius 1 is 1.06 bits per heavy atom. The van der Waals surface area contributed by atoms with Crippen LogP contribution in [0.2, 0.25) is 0 Å². The van der Waals surface area contributed by atoms with Crippen molar-refractivity contribution in [2.75, 3.05) is 18.0 Å². The number of nitrogens with one attached hydrogen (secondary N) is 1. The van der Waals surface area contributed by atoms with E-state index in [-0.39, 0.29) is 23.7 Å². The first-order valence-corrected chi connectivity index (χ1v) is 9.97. The second kappa shape index (κ2) is 8.89. The van der Waals surface area contributed by atoms with Crippen LogP contribution in [0.4, 0.5) is 23.5 Å². The molecule has 1 amide bonds. The smallest absolute Gasteiger partial charge is 0.349 e. The van der Waals surface area contributed by atoms with Crippen molar-refractivity contribution in [1.29, 1.82) is 0 Å². The quantitative estimate of drug-likeness (QED) is 0.613. The van der Waals surface area contributed by atoms with Gasteiger partial charge < -0.3 is 10.2 Å². The molecule has 32 heavy (non-hydrogen) atoms. The molecule has 3 aromatic rings. The molecular weight excluding hydrogens is 426 g/mol. The van der Waals surface area contributed by atoms with Crippen LogP contribution in [0.25, 0.3) is 11.3 Å². The van der Waals surface area contributed by atoms with Crippen LogP contribution >= 0.6 is 0 Å². The Morgan fingerprint density at radius 3 is 2.50 bits per heavy atom. The van der Waals surface area contributed by atoms with E-state index in [9.17, 15) is 22.4 Å². The highest BCUT2D eigenvalue weighted by molar-refractivity contribution is 5.94. The molecule has 6 nitrogen and oxygen atoms in total. The molecule has 0 saturated carbocycles. The molecule has 0 spiro atoms. The van der Waals surface area contributed by atoms with Gasteiger partial charge in [0.15, 0.2) is 0 Å². The summed E-state index contributed by atoms with van der Waals surface area (Å²) >= 11 is 0. The van der Waals surface area contributed by atoms with E-state index in [4.69, 9.17) is 0 Å². The monoisotopic (exact) mass is 445 g/mol. The van der Waals surface area contributed by atoms with Gasteiger partial charge in [-0.15, -0.1) is 0 Å². The van der Waals surface area contributed by atoms with E-state index in [0.717, 1.165) is 12.3 Å². The molecule has 3 heterocycles. The van der Waals surface area contributed by atoms with Gasteiger partial charge in [0.05, 0.1) is 11.3 Å². The lowest BCUT2D eigenvalue weighted by Gasteiger charge is -2.32. The molecule has 0 atom stereocenters. The standard InChI is InChI=1S/C22H19F4N5O/c23-16-3-1-2-14(12-16)18-5-4-15(13-28-18)20(32)29-17-7-10-31(11-8-17)21-27-9-6-19(30-21)22(24,25)26/h1-6,9,12-13,17H,7-8,10-11H2,(H,29,32). The third kappa shape index (κ3) is 5.01. The summed E-state index contributed by atoms with van der Waals surface area (Å²) in [5, 5.41) is 2.92. The molecule has 0 unspecified atom stereocenters. The topological polar surface area (TPSA) is 71.0 Å². The predicted molar refractivity (Wildman–Crippen MR) is 109 cm³/mol.